The van der Waals surface area contributed by atoms with E-state index in [0.29, 0.717) is 24.5 Å². The molecule has 2 rings (SSSR count). The van der Waals surface area contributed by atoms with Crippen molar-refractivity contribution in [2.24, 2.45) is 17.1 Å². The Hall–Kier alpha value is -0.810. The Morgan fingerprint density at radius 3 is 2.29 bits per heavy atom. The van der Waals surface area contributed by atoms with Gasteiger partial charge in [0.1, 0.15) is 0 Å². The molecule has 1 aromatic carbocycles. The van der Waals surface area contributed by atoms with Gasteiger partial charge in [-0.05, 0) is 30.0 Å². The molecule has 1 heterocycles. The molecule has 0 radical (unpaired) electrons. The molecule has 1 aliphatic rings. The van der Waals surface area contributed by atoms with Gasteiger partial charge in [0.05, 0.1) is 11.6 Å². The number of carbonyl (C=O) groups excluding carboxylic acids is 1. The molecular formula is C18H28Cl2N2O2. The van der Waals surface area contributed by atoms with Gasteiger partial charge in [0.2, 0.25) is 5.91 Å². The van der Waals surface area contributed by atoms with Crippen molar-refractivity contribution in [2.45, 2.75) is 45.8 Å². The zero-order chi connectivity index (χ0) is 17.4. The predicted octanol–water partition coefficient (Wildman–Crippen LogP) is 3.19. The highest BCUT2D eigenvalue weighted by Gasteiger charge is 2.50. The quantitative estimate of drug-likeness (QED) is 0.853. The molecule has 6 heteroatoms. The van der Waals surface area contributed by atoms with Gasteiger partial charge in [-0.1, -0.05) is 51.4 Å². The van der Waals surface area contributed by atoms with Gasteiger partial charge in [0.15, 0.2) is 0 Å². The molecule has 24 heavy (non-hydrogen) atoms. The lowest BCUT2D eigenvalue weighted by molar-refractivity contribution is -0.155. The van der Waals surface area contributed by atoms with Crippen molar-refractivity contribution in [3.8, 4) is 0 Å². The van der Waals surface area contributed by atoms with E-state index in [1.54, 1.807) is 17.0 Å². The molecule has 2 atom stereocenters. The molecule has 0 aliphatic carbocycles. The van der Waals surface area contributed by atoms with Gasteiger partial charge in [-0.3, -0.25) is 4.79 Å². The summed E-state index contributed by atoms with van der Waals surface area (Å²) in [4.78, 5) is 14.3. The zero-order valence-corrected chi connectivity index (χ0v) is 16.3. The summed E-state index contributed by atoms with van der Waals surface area (Å²) >= 11 is 5.95. The number of aliphatic hydroxyl groups is 1. The third-order valence-electron chi connectivity index (χ3n) is 5.09. The number of nitrogens with zero attached hydrogens (tertiary/aromatic N) is 1. The predicted molar refractivity (Wildman–Crippen MR) is 100 cm³/mol. The van der Waals surface area contributed by atoms with Gasteiger partial charge in [-0.2, -0.15) is 0 Å². The largest absolute Gasteiger partial charge is 0.384 e. The maximum atomic E-state index is 12.5. The van der Waals surface area contributed by atoms with Crippen molar-refractivity contribution in [3.05, 3.63) is 34.9 Å². The van der Waals surface area contributed by atoms with E-state index >= 15 is 0 Å². The molecular weight excluding hydrogens is 347 g/mol. The van der Waals surface area contributed by atoms with E-state index in [9.17, 15) is 9.90 Å². The lowest BCUT2D eigenvalue weighted by Crippen LogP contribution is -2.59. The first-order chi connectivity index (χ1) is 10.6. The lowest BCUT2D eigenvalue weighted by Gasteiger charge is -2.51. The molecule has 3 N–H and O–H groups in total. The van der Waals surface area contributed by atoms with Crippen molar-refractivity contribution in [1.82, 2.24) is 4.90 Å². The van der Waals surface area contributed by atoms with Crippen LogP contribution in [0.4, 0.5) is 0 Å². The Balaban J connectivity index is 0.00000288. The summed E-state index contributed by atoms with van der Waals surface area (Å²) in [6.07, 6.45) is 0.484. The van der Waals surface area contributed by atoms with Gasteiger partial charge >= 0.3 is 0 Å². The fourth-order valence-electron chi connectivity index (χ4n) is 3.27. The maximum absolute atomic E-state index is 12.5. The number of likely N-dealkylation sites (tertiary alicyclic amines) is 1. The molecule has 2 unspecified atom stereocenters. The Kier molecular flexibility index (Phi) is 6.73. The molecule has 1 fully saturated rings. The first-order valence-corrected chi connectivity index (χ1v) is 8.49. The molecule has 0 spiro atoms. The fourth-order valence-corrected chi connectivity index (χ4v) is 3.39. The smallest absolute Gasteiger partial charge is 0.239 e. The van der Waals surface area contributed by atoms with Crippen LogP contribution in [0.3, 0.4) is 0 Å². The molecule has 4 nitrogen and oxygen atoms in total. The van der Waals surface area contributed by atoms with Gasteiger partial charge < -0.3 is 15.7 Å². The molecule has 136 valence electrons. The fraction of sp³-hybridized carbons (Fsp3) is 0.611. The molecule has 0 bridgehead atoms. The minimum atomic E-state index is -0.990. The van der Waals surface area contributed by atoms with E-state index in [1.807, 2.05) is 39.8 Å². The van der Waals surface area contributed by atoms with Crippen LogP contribution in [-0.4, -0.2) is 35.0 Å². The second kappa shape index (κ2) is 7.61. The molecule has 0 aromatic heterocycles. The van der Waals surface area contributed by atoms with Crippen molar-refractivity contribution in [3.63, 3.8) is 0 Å². The van der Waals surface area contributed by atoms with Crippen LogP contribution in [0.2, 0.25) is 5.02 Å². The van der Waals surface area contributed by atoms with Crippen molar-refractivity contribution in [2.75, 3.05) is 13.1 Å². The first kappa shape index (κ1) is 21.2. The van der Waals surface area contributed by atoms with Crippen LogP contribution in [0.15, 0.2) is 24.3 Å². The van der Waals surface area contributed by atoms with Crippen molar-refractivity contribution < 1.29 is 9.90 Å². The number of rotatable bonds is 3. The number of amides is 1. The normalized spacial score (nSPS) is 24.4. The van der Waals surface area contributed by atoms with Gasteiger partial charge in [0, 0.05) is 23.5 Å². The van der Waals surface area contributed by atoms with Gasteiger partial charge in [-0.25, -0.2) is 0 Å². The van der Waals surface area contributed by atoms with E-state index in [2.05, 4.69) is 0 Å². The number of halogens is 2. The second-order valence-electron chi connectivity index (χ2n) is 7.53. The molecule has 1 aliphatic heterocycles. The number of nitrogens with two attached hydrogens (primary N) is 1. The number of benzene rings is 1. The zero-order valence-electron chi connectivity index (χ0n) is 14.8. The van der Waals surface area contributed by atoms with Crippen LogP contribution in [0.25, 0.3) is 0 Å². The number of carbonyl (C=O) groups is 1. The average Bonchev–Trinajstić information content (AvgIpc) is 2.49. The van der Waals surface area contributed by atoms with E-state index in [1.165, 1.54) is 0 Å². The summed E-state index contributed by atoms with van der Waals surface area (Å²) in [5, 5.41) is 11.9. The van der Waals surface area contributed by atoms with Crippen molar-refractivity contribution in [1.29, 1.82) is 0 Å². The van der Waals surface area contributed by atoms with Crippen LogP contribution in [0, 0.1) is 11.3 Å². The summed E-state index contributed by atoms with van der Waals surface area (Å²) < 4.78 is 0. The molecule has 1 saturated heterocycles. The minimum absolute atomic E-state index is 0. The highest BCUT2D eigenvalue weighted by atomic mass is 35.5. The second-order valence-corrected chi connectivity index (χ2v) is 7.97. The maximum Gasteiger partial charge on any atom is 0.239 e. The van der Waals surface area contributed by atoms with E-state index < -0.39 is 17.1 Å². The minimum Gasteiger partial charge on any atom is -0.384 e. The van der Waals surface area contributed by atoms with Crippen LogP contribution < -0.4 is 5.73 Å². The summed E-state index contributed by atoms with van der Waals surface area (Å²) in [5.74, 6) is 0.0638. The Morgan fingerprint density at radius 1 is 1.29 bits per heavy atom. The Bertz CT molecular complexity index is 575. The number of hydrogen-bond donors (Lipinski definition) is 2. The number of piperidine rings is 1. The third kappa shape index (κ3) is 3.88. The highest BCUT2D eigenvalue weighted by Crippen LogP contribution is 2.46. The third-order valence-corrected chi connectivity index (χ3v) is 5.34. The molecule has 1 amide bonds. The summed E-state index contributed by atoms with van der Waals surface area (Å²) in [5.41, 5.74) is 5.38. The first-order valence-electron chi connectivity index (χ1n) is 8.11. The van der Waals surface area contributed by atoms with Gasteiger partial charge in [-0.15, -0.1) is 12.4 Å². The topological polar surface area (TPSA) is 66.6 Å². The van der Waals surface area contributed by atoms with Crippen LogP contribution in [0.5, 0.6) is 0 Å². The van der Waals surface area contributed by atoms with Crippen LogP contribution in [-0.2, 0) is 10.4 Å². The van der Waals surface area contributed by atoms with E-state index in [4.69, 9.17) is 17.3 Å². The van der Waals surface area contributed by atoms with Crippen LogP contribution >= 0.6 is 24.0 Å². The molecule has 0 saturated carbocycles. The van der Waals surface area contributed by atoms with Crippen molar-refractivity contribution >= 4 is 29.9 Å². The van der Waals surface area contributed by atoms with Crippen LogP contribution in [0.1, 0.15) is 39.7 Å². The highest BCUT2D eigenvalue weighted by molar-refractivity contribution is 6.30. The summed E-state index contributed by atoms with van der Waals surface area (Å²) in [6.45, 7) is 8.85. The summed E-state index contributed by atoms with van der Waals surface area (Å²) in [6, 6.07) is 6.81. The standard InChI is InChI=1S/C18H27ClN2O2.ClH/c1-12(2)15(20)16(22)21-10-9-18(23,17(3,4)11-21)13-5-7-14(19)8-6-13;/h5-8,12,15,23H,9-11,20H2,1-4H3;1H. The SMILES string of the molecule is CC(C)C(N)C(=O)N1CCC(O)(c2ccc(Cl)cc2)C(C)(C)C1.Cl. The summed E-state index contributed by atoms with van der Waals surface area (Å²) in [7, 11) is 0. The average molecular weight is 375 g/mol. The van der Waals surface area contributed by atoms with E-state index in [0.717, 1.165) is 5.56 Å². The monoisotopic (exact) mass is 374 g/mol. The van der Waals surface area contributed by atoms with E-state index in [-0.39, 0.29) is 24.2 Å². The Labute approximate surface area is 155 Å². The Morgan fingerprint density at radius 2 is 1.83 bits per heavy atom. The van der Waals surface area contributed by atoms with Gasteiger partial charge in [0.25, 0.3) is 0 Å². The molecule has 1 aromatic rings. The number of hydrogen-bond acceptors (Lipinski definition) is 3. The lowest BCUT2D eigenvalue weighted by atomic mass is 9.66.